The number of hydrogen-bond acceptors (Lipinski definition) is 7. The Morgan fingerprint density at radius 2 is 1.63 bits per heavy atom. The fourth-order valence-corrected chi connectivity index (χ4v) is 5.01. The Balaban J connectivity index is 1.56. The molecule has 0 unspecified atom stereocenters. The zero-order valence-electron chi connectivity index (χ0n) is 23.2. The van der Waals surface area contributed by atoms with Gasteiger partial charge in [0.05, 0.1) is 5.69 Å². The van der Waals surface area contributed by atoms with Gasteiger partial charge in [0, 0.05) is 31.5 Å². The van der Waals surface area contributed by atoms with Crippen LogP contribution in [0.1, 0.15) is 114 Å². The van der Waals surface area contributed by atoms with E-state index in [2.05, 4.69) is 20.9 Å². The molecule has 38 heavy (non-hydrogen) atoms. The van der Waals surface area contributed by atoms with Gasteiger partial charge in [0.25, 0.3) is 0 Å². The lowest BCUT2D eigenvalue weighted by molar-refractivity contribution is -0.137. The number of nitrogens with two attached hydrogens (primary N) is 1. The predicted octanol–water partition coefficient (Wildman–Crippen LogP) is 3.55. The quantitative estimate of drug-likeness (QED) is 0.165. The Hall–Kier alpha value is -2.33. The first-order valence-corrected chi connectivity index (χ1v) is 14.8. The predicted molar refractivity (Wildman–Crippen MR) is 148 cm³/mol. The maximum absolute atomic E-state index is 12.8. The van der Waals surface area contributed by atoms with Crippen LogP contribution in [0.25, 0.3) is 0 Å². The molecule has 0 bridgehead atoms. The van der Waals surface area contributed by atoms with Crippen LogP contribution in [0.15, 0.2) is 6.20 Å². The third-order valence-corrected chi connectivity index (χ3v) is 7.39. The van der Waals surface area contributed by atoms with Crippen LogP contribution in [0, 0.1) is 5.92 Å². The van der Waals surface area contributed by atoms with Gasteiger partial charge in [0.2, 0.25) is 5.91 Å². The van der Waals surface area contributed by atoms with Crippen molar-refractivity contribution in [3.63, 3.8) is 0 Å². The number of carbonyl (C=O) groups excluding carboxylic acids is 2. The smallest absolute Gasteiger partial charge is 0.303 e. The van der Waals surface area contributed by atoms with Crippen molar-refractivity contribution in [2.45, 2.75) is 115 Å². The minimum Gasteiger partial charge on any atom is -0.481 e. The number of carbonyl (C=O) groups is 3. The molecule has 1 saturated heterocycles. The van der Waals surface area contributed by atoms with Crippen LogP contribution < -0.4 is 16.4 Å². The van der Waals surface area contributed by atoms with Gasteiger partial charge in [-0.25, -0.2) is 4.68 Å². The van der Waals surface area contributed by atoms with Crippen molar-refractivity contribution in [3.8, 4) is 0 Å². The van der Waals surface area contributed by atoms with Crippen LogP contribution in [0.2, 0.25) is 0 Å². The first kappa shape index (κ1) is 31.9. The van der Waals surface area contributed by atoms with Crippen molar-refractivity contribution >= 4 is 17.7 Å². The van der Waals surface area contributed by atoms with Gasteiger partial charge in [-0.1, -0.05) is 50.2 Å². The van der Waals surface area contributed by atoms with Crippen molar-refractivity contribution in [1.29, 1.82) is 0 Å². The normalized spacial score (nSPS) is 14.9. The van der Waals surface area contributed by atoms with Crippen LogP contribution in [0.3, 0.4) is 0 Å². The highest BCUT2D eigenvalue weighted by Gasteiger charge is 2.23. The average Bonchev–Trinajstić information content (AvgIpc) is 3.38. The number of piperidine rings is 1. The molecule has 0 aliphatic carbocycles. The molecule has 1 aromatic heterocycles. The van der Waals surface area contributed by atoms with Crippen molar-refractivity contribution in [3.05, 3.63) is 11.9 Å². The molecule has 0 spiro atoms. The maximum atomic E-state index is 12.8. The number of carboxylic acids is 1. The largest absolute Gasteiger partial charge is 0.481 e. The molecule has 1 atom stereocenters. The van der Waals surface area contributed by atoms with Gasteiger partial charge >= 0.3 is 5.97 Å². The zero-order chi connectivity index (χ0) is 27.4. The lowest BCUT2D eigenvalue weighted by Gasteiger charge is -2.21. The Morgan fingerprint density at radius 3 is 2.32 bits per heavy atom. The molecule has 0 aromatic carbocycles. The summed E-state index contributed by atoms with van der Waals surface area (Å²) in [5.41, 5.74) is 6.34. The molecule has 1 aliphatic heterocycles. The first-order valence-electron chi connectivity index (χ1n) is 14.8. The second-order valence-corrected chi connectivity index (χ2v) is 10.6. The fourth-order valence-electron chi connectivity index (χ4n) is 5.01. The van der Waals surface area contributed by atoms with E-state index in [9.17, 15) is 14.4 Å². The molecular formula is C28H50N6O4. The van der Waals surface area contributed by atoms with E-state index in [-0.39, 0.29) is 24.7 Å². The number of unbranched alkanes of at least 4 members (excludes halogenated alkanes) is 9. The van der Waals surface area contributed by atoms with Gasteiger partial charge < -0.3 is 21.5 Å². The number of aromatic nitrogens is 3. The van der Waals surface area contributed by atoms with E-state index in [1.165, 1.54) is 23.9 Å². The fraction of sp³-hybridized carbons (Fsp3) is 0.821. The first-order chi connectivity index (χ1) is 18.5. The lowest BCUT2D eigenvalue weighted by Crippen LogP contribution is -2.34. The SMILES string of the molecule is NCCCCCc1cn([C@@H](CCC(=O)O)C(=O)NCCCCCCCCCCC(=O)C2CCNCC2)nn1. The molecule has 10 nitrogen and oxygen atoms in total. The van der Waals surface area contributed by atoms with Crippen molar-refractivity contribution in [2.75, 3.05) is 26.2 Å². The molecule has 5 N–H and O–H groups in total. The number of nitrogens with zero attached hydrogens (tertiary/aromatic N) is 3. The highest BCUT2D eigenvalue weighted by molar-refractivity contribution is 5.81. The average molecular weight is 535 g/mol. The molecule has 0 saturated carbocycles. The van der Waals surface area contributed by atoms with E-state index in [0.717, 1.165) is 95.8 Å². The number of aryl methyl sites for hydroxylation is 1. The highest BCUT2D eigenvalue weighted by Crippen LogP contribution is 2.18. The molecule has 2 heterocycles. The van der Waals surface area contributed by atoms with Crippen LogP contribution in [-0.2, 0) is 20.8 Å². The van der Waals surface area contributed by atoms with E-state index in [0.29, 0.717) is 18.9 Å². The zero-order valence-corrected chi connectivity index (χ0v) is 23.2. The highest BCUT2D eigenvalue weighted by atomic mass is 16.4. The molecule has 1 aromatic rings. The van der Waals surface area contributed by atoms with E-state index in [1.807, 2.05) is 0 Å². The van der Waals surface area contributed by atoms with Gasteiger partial charge in [0.1, 0.15) is 11.8 Å². The van der Waals surface area contributed by atoms with Gasteiger partial charge in [-0.05, 0) is 71.0 Å². The Morgan fingerprint density at radius 1 is 0.974 bits per heavy atom. The number of aliphatic carboxylic acids is 1. The molecule has 1 fully saturated rings. The number of ketones is 1. The minimum absolute atomic E-state index is 0.101. The minimum atomic E-state index is -0.932. The summed E-state index contributed by atoms with van der Waals surface area (Å²) in [4.78, 5) is 36.2. The number of carboxylic acid groups (broad SMARTS) is 1. The molecule has 2 rings (SSSR count). The number of amides is 1. The second kappa shape index (κ2) is 19.7. The summed E-state index contributed by atoms with van der Waals surface area (Å²) < 4.78 is 1.51. The van der Waals surface area contributed by atoms with Crippen molar-refractivity contribution < 1.29 is 19.5 Å². The summed E-state index contributed by atoms with van der Waals surface area (Å²) in [6.07, 6.45) is 17.0. The Bertz CT molecular complexity index is 809. The molecule has 1 amide bonds. The second-order valence-electron chi connectivity index (χ2n) is 10.6. The number of Topliss-reactive ketones (excluding diaryl/α,β-unsaturated/α-hetero) is 1. The van der Waals surface area contributed by atoms with Crippen LogP contribution in [0.4, 0.5) is 0 Å². The Kier molecular flexibility index (Phi) is 16.5. The van der Waals surface area contributed by atoms with Crippen molar-refractivity contribution in [1.82, 2.24) is 25.6 Å². The van der Waals surface area contributed by atoms with Gasteiger partial charge in [-0.3, -0.25) is 14.4 Å². The van der Waals surface area contributed by atoms with Gasteiger partial charge in [-0.15, -0.1) is 5.10 Å². The summed E-state index contributed by atoms with van der Waals surface area (Å²) in [5.74, 6) is -0.390. The van der Waals surface area contributed by atoms with E-state index in [1.54, 1.807) is 6.20 Å². The lowest BCUT2D eigenvalue weighted by atomic mass is 9.90. The third-order valence-electron chi connectivity index (χ3n) is 7.39. The third kappa shape index (κ3) is 13.5. The number of rotatable bonds is 22. The molecule has 216 valence electrons. The van der Waals surface area contributed by atoms with E-state index < -0.39 is 12.0 Å². The van der Waals surface area contributed by atoms with Gasteiger partial charge in [-0.2, -0.15) is 0 Å². The molecule has 10 heteroatoms. The van der Waals surface area contributed by atoms with E-state index >= 15 is 0 Å². The Labute approximate surface area is 227 Å². The molecule has 1 aliphatic rings. The van der Waals surface area contributed by atoms with E-state index in [4.69, 9.17) is 10.8 Å². The van der Waals surface area contributed by atoms with Crippen LogP contribution in [0.5, 0.6) is 0 Å². The topological polar surface area (TPSA) is 152 Å². The summed E-state index contributed by atoms with van der Waals surface area (Å²) in [7, 11) is 0. The van der Waals surface area contributed by atoms with Crippen molar-refractivity contribution in [2.24, 2.45) is 11.7 Å². The number of nitrogens with one attached hydrogen (secondary N) is 2. The number of hydrogen-bond donors (Lipinski definition) is 4. The van der Waals surface area contributed by atoms with Crippen LogP contribution >= 0.6 is 0 Å². The summed E-state index contributed by atoms with van der Waals surface area (Å²) in [6, 6.07) is -0.668. The summed E-state index contributed by atoms with van der Waals surface area (Å²) in [5, 5.41) is 23.7. The molecular weight excluding hydrogens is 484 g/mol. The molecule has 0 radical (unpaired) electrons. The van der Waals surface area contributed by atoms with Crippen LogP contribution in [-0.4, -0.2) is 63.9 Å². The standard InChI is InChI=1S/C28H50N6O4/c29-18-10-7-8-12-24-22-34(33-32-24)25(14-15-27(36)37)28(38)31-19-11-6-4-2-1-3-5-9-13-26(35)23-16-20-30-21-17-23/h22-23,25,30H,1-21,29H2,(H,31,38)(H,36,37)/t25-/m0/s1. The summed E-state index contributed by atoms with van der Waals surface area (Å²) in [6.45, 7) is 3.20. The van der Waals surface area contributed by atoms with Gasteiger partial charge in [0.15, 0.2) is 0 Å². The summed E-state index contributed by atoms with van der Waals surface area (Å²) >= 11 is 0. The maximum Gasteiger partial charge on any atom is 0.303 e. The monoisotopic (exact) mass is 534 g/mol.